The Hall–Kier alpha value is -1.26. The highest BCUT2D eigenvalue weighted by atomic mass is 16.5. The topological polar surface area (TPSA) is 44.7 Å². The first-order chi connectivity index (χ1) is 9.90. The van der Waals surface area contributed by atoms with Crippen molar-refractivity contribution in [3.63, 3.8) is 0 Å². The van der Waals surface area contributed by atoms with E-state index in [1.165, 1.54) is 12.8 Å². The molecule has 1 aliphatic rings. The van der Waals surface area contributed by atoms with Gasteiger partial charge in [-0.15, -0.1) is 0 Å². The van der Waals surface area contributed by atoms with Gasteiger partial charge in [-0.05, 0) is 51.3 Å². The second-order valence-electron chi connectivity index (χ2n) is 6.82. The van der Waals surface area contributed by atoms with Crippen LogP contribution < -0.4 is 10.1 Å². The Kier molecular flexibility index (Phi) is 5.12. The van der Waals surface area contributed by atoms with Gasteiger partial charge < -0.3 is 15.2 Å². The average molecular weight is 292 g/mol. The number of hydrogen-bond donors (Lipinski definition) is 2. The molecule has 0 radical (unpaired) electrons. The largest absolute Gasteiger partial charge is 0.504 e. The summed E-state index contributed by atoms with van der Waals surface area (Å²) in [5.74, 6) is 0.733. The number of benzene rings is 1. The highest BCUT2D eigenvalue weighted by molar-refractivity contribution is 5.41. The summed E-state index contributed by atoms with van der Waals surface area (Å²) in [4.78, 5) is 2.55. The lowest BCUT2D eigenvalue weighted by Gasteiger charge is -2.41. The minimum atomic E-state index is 0.194. The summed E-state index contributed by atoms with van der Waals surface area (Å²) in [6.45, 7) is 9.97. The molecule has 118 valence electrons. The summed E-state index contributed by atoms with van der Waals surface area (Å²) in [6.07, 6.45) is 2.37. The average Bonchev–Trinajstić information content (AvgIpc) is 2.46. The third-order valence-corrected chi connectivity index (χ3v) is 4.28. The van der Waals surface area contributed by atoms with Gasteiger partial charge in [0.05, 0.1) is 7.11 Å². The van der Waals surface area contributed by atoms with Gasteiger partial charge in [0, 0.05) is 31.2 Å². The number of likely N-dealkylation sites (tertiary alicyclic amines) is 1. The number of phenols is 1. The van der Waals surface area contributed by atoms with E-state index in [0.717, 1.165) is 25.2 Å². The summed E-state index contributed by atoms with van der Waals surface area (Å²) in [6, 6.07) is 6.10. The fourth-order valence-electron chi connectivity index (χ4n) is 2.85. The number of rotatable bonds is 4. The van der Waals surface area contributed by atoms with Crippen LogP contribution in [0.3, 0.4) is 0 Å². The number of nitrogens with zero attached hydrogens (tertiary/aromatic N) is 1. The molecule has 0 saturated carbocycles. The molecule has 1 saturated heterocycles. The second kappa shape index (κ2) is 6.67. The van der Waals surface area contributed by atoms with E-state index in [1.54, 1.807) is 13.2 Å². The minimum absolute atomic E-state index is 0.194. The fraction of sp³-hybridized carbons (Fsp3) is 0.647. The van der Waals surface area contributed by atoms with E-state index in [0.29, 0.717) is 11.8 Å². The number of ether oxygens (including phenoxy) is 1. The SMILES string of the molecule is COc1cc(CNC2CCN(C(C)(C)C)CC2)ccc1O. The van der Waals surface area contributed by atoms with E-state index in [-0.39, 0.29) is 11.3 Å². The number of piperidine rings is 1. The highest BCUT2D eigenvalue weighted by Crippen LogP contribution is 2.26. The van der Waals surface area contributed by atoms with Crippen LogP contribution >= 0.6 is 0 Å². The zero-order valence-electron chi connectivity index (χ0n) is 13.6. The van der Waals surface area contributed by atoms with Crippen molar-refractivity contribution in [3.05, 3.63) is 23.8 Å². The van der Waals surface area contributed by atoms with Gasteiger partial charge in [0.15, 0.2) is 11.5 Å². The molecule has 21 heavy (non-hydrogen) atoms. The van der Waals surface area contributed by atoms with Gasteiger partial charge in [0.1, 0.15) is 0 Å². The first-order valence-electron chi connectivity index (χ1n) is 7.74. The summed E-state index contributed by atoms with van der Waals surface area (Å²) < 4.78 is 5.14. The fourth-order valence-corrected chi connectivity index (χ4v) is 2.85. The van der Waals surface area contributed by atoms with Gasteiger partial charge in [-0.3, -0.25) is 4.90 Å². The van der Waals surface area contributed by atoms with E-state index < -0.39 is 0 Å². The normalized spacial score (nSPS) is 17.9. The van der Waals surface area contributed by atoms with Crippen LogP contribution in [0, 0.1) is 0 Å². The van der Waals surface area contributed by atoms with Crippen LogP contribution in [0.1, 0.15) is 39.2 Å². The number of methoxy groups -OCH3 is 1. The Bertz CT molecular complexity index is 460. The predicted molar refractivity (Wildman–Crippen MR) is 85.8 cm³/mol. The predicted octanol–water partition coefficient (Wildman–Crippen LogP) is 2.75. The van der Waals surface area contributed by atoms with Crippen LogP contribution in [-0.2, 0) is 6.54 Å². The third-order valence-electron chi connectivity index (χ3n) is 4.28. The molecule has 0 atom stereocenters. The summed E-state index contributed by atoms with van der Waals surface area (Å²) >= 11 is 0. The maximum absolute atomic E-state index is 9.61. The van der Waals surface area contributed by atoms with Gasteiger partial charge in [-0.25, -0.2) is 0 Å². The Labute approximate surface area is 128 Å². The number of nitrogens with one attached hydrogen (secondary N) is 1. The van der Waals surface area contributed by atoms with Crippen molar-refractivity contribution in [1.29, 1.82) is 0 Å². The van der Waals surface area contributed by atoms with Crippen LogP contribution in [0.2, 0.25) is 0 Å². The van der Waals surface area contributed by atoms with Crippen LogP contribution in [0.15, 0.2) is 18.2 Å². The van der Waals surface area contributed by atoms with Crippen molar-refractivity contribution >= 4 is 0 Å². The molecule has 1 aromatic carbocycles. The van der Waals surface area contributed by atoms with Gasteiger partial charge in [0.25, 0.3) is 0 Å². The van der Waals surface area contributed by atoms with E-state index in [2.05, 4.69) is 31.0 Å². The van der Waals surface area contributed by atoms with Crippen molar-refractivity contribution in [2.45, 2.75) is 51.7 Å². The van der Waals surface area contributed by atoms with Crippen LogP contribution in [0.25, 0.3) is 0 Å². The lowest BCUT2D eigenvalue weighted by Crippen LogP contribution is -2.49. The zero-order chi connectivity index (χ0) is 15.5. The first-order valence-corrected chi connectivity index (χ1v) is 7.74. The molecule has 1 fully saturated rings. The van der Waals surface area contributed by atoms with Crippen LogP contribution in [-0.4, -0.2) is 41.8 Å². The Balaban J connectivity index is 1.82. The van der Waals surface area contributed by atoms with Crippen molar-refractivity contribution < 1.29 is 9.84 Å². The number of phenolic OH excluding ortho intramolecular Hbond substituents is 1. The smallest absolute Gasteiger partial charge is 0.160 e. The molecule has 4 nitrogen and oxygen atoms in total. The molecule has 0 amide bonds. The standard InChI is InChI=1S/C17H28N2O2/c1-17(2,3)19-9-7-14(8-10-19)18-12-13-5-6-15(20)16(11-13)21-4/h5-6,11,14,18,20H,7-10,12H2,1-4H3. The number of aromatic hydroxyl groups is 1. The Morgan fingerprint density at radius 3 is 2.52 bits per heavy atom. The van der Waals surface area contributed by atoms with Crippen molar-refractivity contribution in [1.82, 2.24) is 10.2 Å². The third kappa shape index (κ3) is 4.35. The molecule has 1 aromatic rings. The molecule has 0 spiro atoms. The lowest BCUT2D eigenvalue weighted by molar-refractivity contribution is 0.0960. The van der Waals surface area contributed by atoms with Gasteiger partial charge in [0.2, 0.25) is 0 Å². The molecular formula is C17H28N2O2. The van der Waals surface area contributed by atoms with Gasteiger partial charge >= 0.3 is 0 Å². The molecule has 2 rings (SSSR count). The van der Waals surface area contributed by atoms with E-state index in [4.69, 9.17) is 4.74 Å². The molecular weight excluding hydrogens is 264 g/mol. The molecule has 4 heteroatoms. The quantitative estimate of drug-likeness (QED) is 0.895. The maximum atomic E-state index is 9.61. The Morgan fingerprint density at radius 1 is 1.29 bits per heavy atom. The number of hydrogen-bond acceptors (Lipinski definition) is 4. The Morgan fingerprint density at radius 2 is 1.95 bits per heavy atom. The van der Waals surface area contributed by atoms with Crippen molar-refractivity contribution in [3.8, 4) is 11.5 Å². The van der Waals surface area contributed by atoms with Crippen molar-refractivity contribution in [2.75, 3.05) is 20.2 Å². The second-order valence-corrected chi connectivity index (χ2v) is 6.82. The first kappa shape index (κ1) is 16.1. The minimum Gasteiger partial charge on any atom is -0.504 e. The molecule has 0 unspecified atom stereocenters. The van der Waals surface area contributed by atoms with E-state index in [9.17, 15) is 5.11 Å². The highest BCUT2D eigenvalue weighted by Gasteiger charge is 2.26. The molecule has 2 N–H and O–H groups in total. The summed E-state index contributed by atoms with van der Waals surface area (Å²) in [7, 11) is 1.58. The van der Waals surface area contributed by atoms with Crippen LogP contribution in [0.5, 0.6) is 11.5 Å². The van der Waals surface area contributed by atoms with Gasteiger partial charge in [-0.2, -0.15) is 0 Å². The maximum Gasteiger partial charge on any atom is 0.160 e. The van der Waals surface area contributed by atoms with E-state index in [1.807, 2.05) is 12.1 Å². The molecule has 0 aromatic heterocycles. The monoisotopic (exact) mass is 292 g/mol. The molecule has 1 aliphatic heterocycles. The summed E-state index contributed by atoms with van der Waals surface area (Å²) in [5.41, 5.74) is 1.41. The van der Waals surface area contributed by atoms with E-state index >= 15 is 0 Å². The summed E-state index contributed by atoms with van der Waals surface area (Å²) in [5, 5.41) is 13.2. The molecule has 0 bridgehead atoms. The van der Waals surface area contributed by atoms with Gasteiger partial charge in [-0.1, -0.05) is 6.07 Å². The van der Waals surface area contributed by atoms with Crippen LogP contribution in [0.4, 0.5) is 0 Å². The lowest BCUT2D eigenvalue weighted by atomic mass is 9.98. The molecule has 1 heterocycles. The van der Waals surface area contributed by atoms with Crippen molar-refractivity contribution in [2.24, 2.45) is 0 Å². The zero-order valence-corrected chi connectivity index (χ0v) is 13.6. The molecule has 0 aliphatic carbocycles.